The molecular weight excluding hydrogens is 278 g/mol. The quantitative estimate of drug-likeness (QED) is 0.929. The van der Waals surface area contributed by atoms with Gasteiger partial charge in [0, 0.05) is 48.6 Å². The maximum Gasteiger partial charge on any atom is 0.0410 e. The Morgan fingerprint density at radius 2 is 2.35 bits per heavy atom. The van der Waals surface area contributed by atoms with Gasteiger partial charge in [-0.3, -0.25) is 9.88 Å². The minimum Gasteiger partial charge on any atom is -0.311 e. The van der Waals surface area contributed by atoms with Gasteiger partial charge in [-0.15, -0.1) is 0 Å². The predicted molar refractivity (Wildman–Crippen MR) is 73.9 cm³/mol. The highest BCUT2D eigenvalue weighted by molar-refractivity contribution is 9.10. The van der Waals surface area contributed by atoms with Crippen molar-refractivity contribution in [1.82, 2.24) is 15.2 Å². The third-order valence-corrected chi connectivity index (χ3v) is 3.85. The summed E-state index contributed by atoms with van der Waals surface area (Å²) in [5.74, 6) is 0. The van der Waals surface area contributed by atoms with Crippen molar-refractivity contribution in [2.75, 3.05) is 13.1 Å². The van der Waals surface area contributed by atoms with Gasteiger partial charge in [0.25, 0.3) is 0 Å². The Labute approximate surface area is 112 Å². The monoisotopic (exact) mass is 297 g/mol. The summed E-state index contributed by atoms with van der Waals surface area (Å²) in [7, 11) is 0. The average Bonchev–Trinajstić information content (AvgIpc) is 2.32. The van der Waals surface area contributed by atoms with Gasteiger partial charge < -0.3 is 5.32 Å². The van der Waals surface area contributed by atoms with Crippen molar-refractivity contribution < 1.29 is 0 Å². The Kier molecular flexibility index (Phi) is 4.54. The lowest BCUT2D eigenvalue weighted by atomic mass is 10.1. The van der Waals surface area contributed by atoms with Crippen LogP contribution in [0, 0.1) is 0 Å². The van der Waals surface area contributed by atoms with Gasteiger partial charge in [0.1, 0.15) is 0 Å². The van der Waals surface area contributed by atoms with Gasteiger partial charge in [0.15, 0.2) is 0 Å². The van der Waals surface area contributed by atoms with Gasteiger partial charge >= 0.3 is 0 Å². The van der Waals surface area contributed by atoms with E-state index in [0.29, 0.717) is 12.1 Å². The van der Waals surface area contributed by atoms with Gasteiger partial charge in [0.05, 0.1) is 0 Å². The smallest absolute Gasteiger partial charge is 0.0410 e. The summed E-state index contributed by atoms with van der Waals surface area (Å²) in [6.45, 7) is 7.73. The number of aromatic nitrogens is 1. The molecule has 2 atom stereocenters. The van der Waals surface area contributed by atoms with Crippen LogP contribution in [0.25, 0.3) is 0 Å². The molecule has 94 valence electrons. The van der Waals surface area contributed by atoms with E-state index >= 15 is 0 Å². The van der Waals surface area contributed by atoms with Crippen molar-refractivity contribution in [1.29, 1.82) is 0 Å². The first kappa shape index (κ1) is 13.0. The lowest BCUT2D eigenvalue weighted by Gasteiger charge is -2.38. The van der Waals surface area contributed by atoms with Gasteiger partial charge in [-0.1, -0.05) is 6.92 Å². The molecular formula is C13H20BrN3. The van der Waals surface area contributed by atoms with Crippen LogP contribution in [-0.2, 0) is 6.54 Å². The summed E-state index contributed by atoms with van der Waals surface area (Å²) in [6, 6.07) is 3.38. The molecule has 1 saturated heterocycles. The highest BCUT2D eigenvalue weighted by Crippen LogP contribution is 2.15. The van der Waals surface area contributed by atoms with Crippen LogP contribution in [0.4, 0.5) is 0 Å². The highest BCUT2D eigenvalue weighted by Gasteiger charge is 2.23. The molecule has 17 heavy (non-hydrogen) atoms. The molecule has 2 unspecified atom stereocenters. The van der Waals surface area contributed by atoms with Crippen LogP contribution in [0.3, 0.4) is 0 Å². The highest BCUT2D eigenvalue weighted by atomic mass is 79.9. The van der Waals surface area contributed by atoms with E-state index in [1.807, 2.05) is 12.4 Å². The molecule has 0 radical (unpaired) electrons. The summed E-state index contributed by atoms with van der Waals surface area (Å²) in [4.78, 5) is 6.76. The van der Waals surface area contributed by atoms with Crippen LogP contribution in [0.1, 0.15) is 25.8 Å². The van der Waals surface area contributed by atoms with Crippen LogP contribution in [-0.4, -0.2) is 35.1 Å². The fourth-order valence-electron chi connectivity index (χ4n) is 2.26. The first-order valence-corrected chi connectivity index (χ1v) is 7.05. The Hall–Kier alpha value is -0.450. The Morgan fingerprint density at radius 1 is 1.53 bits per heavy atom. The molecule has 2 rings (SSSR count). The standard InChI is InChI=1S/C13H20BrN3/c1-3-13-9-17(10(2)5-16-13)8-11-4-12(14)7-15-6-11/h4,6-7,10,13,16H,3,5,8-9H2,1-2H3. The number of rotatable bonds is 3. The van der Waals surface area contributed by atoms with E-state index in [1.54, 1.807) is 0 Å². The number of hydrogen-bond acceptors (Lipinski definition) is 3. The number of pyridine rings is 1. The van der Waals surface area contributed by atoms with Gasteiger partial charge in [-0.25, -0.2) is 0 Å². The topological polar surface area (TPSA) is 28.2 Å². The fraction of sp³-hybridized carbons (Fsp3) is 0.615. The van der Waals surface area contributed by atoms with Crippen LogP contribution in [0.15, 0.2) is 22.9 Å². The third kappa shape index (κ3) is 3.50. The molecule has 3 nitrogen and oxygen atoms in total. The van der Waals surface area contributed by atoms with E-state index in [-0.39, 0.29) is 0 Å². The molecule has 1 N–H and O–H groups in total. The van der Waals surface area contributed by atoms with Crippen LogP contribution in [0.5, 0.6) is 0 Å². The van der Waals surface area contributed by atoms with E-state index in [4.69, 9.17) is 0 Å². The lowest BCUT2D eigenvalue weighted by molar-refractivity contribution is 0.131. The summed E-state index contributed by atoms with van der Waals surface area (Å²) in [5.41, 5.74) is 1.28. The van der Waals surface area contributed by atoms with E-state index in [1.165, 1.54) is 12.0 Å². The van der Waals surface area contributed by atoms with Crippen molar-refractivity contribution in [3.8, 4) is 0 Å². The zero-order chi connectivity index (χ0) is 12.3. The predicted octanol–water partition coefficient (Wildman–Crippen LogP) is 2.42. The van der Waals surface area contributed by atoms with Crippen molar-refractivity contribution in [2.45, 2.75) is 38.9 Å². The van der Waals surface area contributed by atoms with Crippen LogP contribution in [0.2, 0.25) is 0 Å². The molecule has 0 aliphatic carbocycles. The van der Waals surface area contributed by atoms with Gasteiger partial charge in [0.2, 0.25) is 0 Å². The second-order valence-electron chi connectivity index (χ2n) is 4.80. The van der Waals surface area contributed by atoms with Gasteiger partial charge in [-0.05, 0) is 40.9 Å². The Morgan fingerprint density at radius 3 is 3.06 bits per heavy atom. The summed E-state index contributed by atoms with van der Waals surface area (Å²) >= 11 is 3.47. The second kappa shape index (κ2) is 5.94. The van der Waals surface area contributed by atoms with E-state index < -0.39 is 0 Å². The number of hydrogen-bond donors (Lipinski definition) is 1. The maximum absolute atomic E-state index is 4.22. The Balaban J connectivity index is 2.01. The molecule has 1 fully saturated rings. The largest absolute Gasteiger partial charge is 0.311 e. The minimum atomic E-state index is 0.594. The average molecular weight is 298 g/mol. The maximum atomic E-state index is 4.22. The first-order valence-electron chi connectivity index (χ1n) is 6.26. The van der Waals surface area contributed by atoms with Crippen LogP contribution >= 0.6 is 15.9 Å². The summed E-state index contributed by atoms with van der Waals surface area (Å²) in [5, 5.41) is 3.58. The van der Waals surface area contributed by atoms with Crippen molar-refractivity contribution in [3.05, 3.63) is 28.5 Å². The third-order valence-electron chi connectivity index (χ3n) is 3.42. The van der Waals surface area contributed by atoms with Gasteiger partial charge in [-0.2, -0.15) is 0 Å². The van der Waals surface area contributed by atoms with Crippen molar-refractivity contribution >= 4 is 15.9 Å². The lowest BCUT2D eigenvalue weighted by Crippen LogP contribution is -2.54. The molecule has 0 aromatic carbocycles. The normalized spacial score (nSPS) is 26.1. The van der Waals surface area contributed by atoms with E-state index in [0.717, 1.165) is 24.1 Å². The number of nitrogens with one attached hydrogen (secondary N) is 1. The van der Waals surface area contributed by atoms with Crippen molar-refractivity contribution in [2.24, 2.45) is 0 Å². The summed E-state index contributed by atoms with van der Waals surface area (Å²) in [6.07, 6.45) is 4.99. The molecule has 1 aliphatic rings. The zero-order valence-electron chi connectivity index (χ0n) is 10.5. The first-order chi connectivity index (χ1) is 8.19. The van der Waals surface area contributed by atoms with Crippen molar-refractivity contribution in [3.63, 3.8) is 0 Å². The molecule has 0 saturated carbocycles. The number of nitrogens with zero attached hydrogens (tertiary/aromatic N) is 2. The molecule has 1 aliphatic heterocycles. The summed E-state index contributed by atoms with van der Waals surface area (Å²) < 4.78 is 1.06. The van der Waals surface area contributed by atoms with E-state index in [9.17, 15) is 0 Å². The molecule has 1 aromatic heterocycles. The van der Waals surface area contributed by atoms with Crippen LogP contribution < -0.4 is 5.32 Å². The molecule has 2 heterocycles. The SMILES string of the molecule is CCC1CN(Cc2cncc(Br)c2)C(C)CN1. The zero-order valence-corrected chi connectivity index (χ0v) is 12.1. The molecule has 0 bridgehead atoms. The number of piperazine rings is 1. The molecule has 4 heteroatoms. The second-order valence-corrected chi connectivity index (χ2v) is 5.72. The van der Waals surface area contributed by atoms with E-state index in [2.05, 4.69) is 51.0 Å². The molecule has 1 aromatic rings. The molecule has 0 spiro atoms. The fourth-order valence-corrected chi connectivity index (χ4v) is 2.68. The minimum absolute atomic E-state index is 0.594. The Bertz CT molecular complexity index is 369. The molecule has 0 amide bonds. The number of halogens is 1.